The van der Waals surface area contributed by atoms with Crippen LogP contribution in [0.4, 0.5) is 0 Å². The van der Waals surface area contributed by atoms with Gasteiger partial charge in [0.25, 0.3) is 0 Å². The molecule has 0 spiro atoms. The van der Waals surface area contributed by atoms with Crippen molar-refractivity contribution in [1.82, 2.24) is 9.97 Å². The van der Waals surface area contributed by atoms with Gasteiger partial charge in [0.2, 0.25) is 0 Å². The molecular weight excluding hydrogens is 230 g/mol. The molecule has 3 nitrogen and oxygen atoms in total. The molecule has 1 fully saturated rings. The van der Waals surface area contributed by atoms with Crippen LogP contribution in [-0.2, 0) is 0 Å². The van der Waals surface area contributed by atoms with E-state index in [1.54, 1.807) is 11.3 Å². The molecule has 2 aromatic rings. The van der Waals surface area contributed by atoms with Crippen LogP contribution in [0.15, 0.2) is 23.6 Å². The van der Waals surface area contributed by atoms with Crippen molar-refractivity contribution in [1.29, 1.82) is 0 Å². The summed E-state index contributed by atoms with van der Waals surface area (Å²) in [7, 11) is 0. The third-order valence-electron chi connectivity index (χ3n) is 3.18. The van der Waals surface area contributed by atoms with Crippen LogP contribution in [0.25, 0.3) is 10.6 Å². The summed E-state index contributed by atoms with van der Waals surface area (Å²) in [4.78, 5) is 10.4. The standard InChI is InChI=1S/C13H15N3S/c1-8-5-11(12-3-2-4-17-12)16-13(15-8)9-6-10(14)7-9/h2-5,9-10H,6-7,14H2,1H3. The van der Waals surface area contributed by atoms with Crippen LogP contribution >= 0.6 is 11.3 Å². The number of hydrogen-bond donors (Lipinski definition) is 1. The van der Waals surface area contributed by atoms with Crippen molar-refractivity contribution < 1.29 is 0 Å². The second kappa shape index (κ2) is 4.20. The molecule has 2 heterocycles. The van der Waals surface area contributed by atoms with Gasteiger partial charge in [-0.2, -0.15) is 0 Å². The maximum absolute atomic E-state index is 5.82. The maximum Gasteiger partial charge on any atom is 0.132 e. The zero-order valence-electron chi connectivity index (χ0n) is 9.76. The fraction of sp³-hybridized carbons (Fsp3) is 0.385. The number of aromatic nitrogens is 2. The van der Waals surface area contributed by atoms with Gasteiger partial charge in [-0.1, -0.05) is 6.07 Å². The van der Waals surface area contributed by atoms with Crippen molar-refractivity contribution >= 4 is 11.3 Å². The Labute approximate surface area is 105 Å². The van der Waals surface area contributed by atoms with Gasteiger partial charge < -0.3 is 5.73 Å². The third-order valence-corrected chi connectivity index (χ3v) is 4.08. The Balaban J connectivity index is 1.95. The fourth-order valence-electron chi connectivity index (χ4n) is 2.20. The molecule has 0 unspecified atom stereocenters. The van der Waals surface area contributed by atoms with E-state index in [4.69, 9.17) is 5.73 Å². The predicted octanol–water partition coefficient (Wildman–Crippen LogP) is 2.72. The summed E-state index contributed by atoms with van der Waals surface area (Å²) in [5, 5.41) is 2.08. The number of thiophene rings is 1. The Bertz CT molecular complexity index is 515. The first-order valence-corrected chi connectivity index (χ1v) is 6.75. The van der Waals surface area contributed by atoms with Crippen molar-refractivity contribution in [2.45, 2.75) is 31.7 Å². The molecule has 3 rings (SSSR count). The quantitative estimate of drug-likeness (QED) is 0.885. The lowest BCUT2D eigenvalue weighted by molar-refractivity contribution is 0.338. The summed E-state index contributed by atoms with van der Waals surface area (Å²) >= 11 is 1.72. The molecule has 0 amide bonds. The third kappa shape index (κ3) is 2.10. The van der Waals surface area contributed by atoms with E-state index in [0.29, 0.717) is 12.0 Å². The van der Waals surface area contributed by atoms with Gasteiger partial charge in [-0.25, -0.2) is 9.97 Å². The zero-order chi connectivity index (χ0) is 11.8. The van der Waals surface area contributed by atoms with E-state index in [9.17, 15) is 0 Å². The molecule has 1 aliphatic rings. The normalized spacial score (nSPS) is 23.4. The Morgan fingerprint density at radius 1 is 1.35 bits per heavy atom. The van der Waals surface area contributed by atoms with Gasteiger partial charge in [0.05, 0.1) is 10.6 Å². The zero-order valence-corrected chi connectivity index (χ0v) is 10.6. The minimum absolute atomic E-state index is 0.342. The molecule has 0 aliphatic heterocycles. The first kappa shape index (κ1) is 10.9. The van der Waals surface area contributed by atoms with E-state index in [-0.39, 0.29) is 0 Å². The molecule has 0 atom stereocenters. The predicted molar refractivity (Wildman–Crippen MR) is 70.0 cm³/mol. The average molecular weight is 245 g/mol. The number of aryl methyl sites for hydroxylation is 1. The van der Waals surface area contributed by atoms with Crippen molar-refractivity contribution in [3.63, 3.8) is 0 Å². The largest absolute Gasteiger partial charge is 0.328 e. The van der Waals surface area contributed by atoms with E-state index in [2.05, 4.69) is 27.5 Å². The SMILES string of the molecule is Cc1cc(-c2cccs2)nc(C2CC(N)C2)n1. The van der Waals surface area contributed by atoms with Crippen LogP contribution in [-0.4, -0.2) is 16.0 Å². The summed E-state index contributed by atoms with van der Waals surface area (Å²) in [6.07, 6.45) is 2.04. The summed E-state index contributed by atoms with van der Waals surface area (Å²) in [5.41, 5.74) is 7.91. The minimum atomic E-state index is 0.342. The van der Waals surface area contributed by atoms with Gasteiger partial charge in [-0.15, -0.1) is 11.3 Å². The van der Waals surface area contributed by atoms with Gasteiger partial charge >= 0.3 is 0 Å². The average Bonchev–Trinajstić information content (AvgIpc) is 2.77. The Kier molecular flexibility index (Phi) is 2.68. The highest BCUT2D eigenvalue weighted by Gasteiger charge is 2.29. The van der Waals surface area contributed by atoms with E-state index < -0.39 is 0 Å². The highest BCUT2D eigenvalue weighted by atomic mass is 32.1. The molecule has 1 saturated carbocycles. The molecule has 17 heavy (non-hydrogen) atoms. The van der Waals surface area contributed by atoms with Crippen LogP contribution in [0.5, 0.6) is 0 Å². The highest BCUT2D eigenvalue weighted by Crippen LogP contribution is 2.35. The molecule has 88 valence electrons. The summed E-state index contributed by atoms with van der Waals surface area (Å²) in [6, 6.07) is 6.54. The van der Waals surface area contributed by atoms with Crippen molar-refractivity contribution in [2.75, 3.05) is 0 Å². The number of nitrogens with two attached hydrogens (primary N) is 1. The van der Waals surface area contributed by atoms with E-state index in [1.165, 1.54) is 4.88 Å². The molecule has 4 heteroatoms. The van der Waals surface area contributed by atoms with Gasteiger partial charge in [0.15, 0.2) is 0 Å². The first-order chi connectivity index (χ1) is 8.22. The Morgan fingerprint density at radius 3 is 2.82 bits per heavy atom. The molecule has 0 bridgehead atoms. The van der Waals surface area contributed by atoms with Crippen LogP contribution < -0.4 is 5.73 Å². The highest BCUT2D eigenvalue weighted by molar-refractivity contribution is 7.13. The molecular formula is C13H15N3S. The fourth-order valence-corrected chi connectivity index (χ4v) is 2.88. The molecule has 1 aliphatic carbocycles. The molecule has 0 saturated heterocycles. The van der Waals surface area contributed by atoms with Crippen molar-refractivity contribution in [3.05, 3.63) is 35.1 Å². The molecule has 0 radical (unpaired) electrons. The monoisotopic (exact) mass is 245 g/mol. The van der Waals surface area contributed by atoms with Gasteiger partial charge in [0, 0.05) is 17.7 Å². The summed E-state index contributed by atoms with van der Waals surface area (Å²) in [6.45, 7) is 2.03. The second-order valence-electron chi connectivity index (χ2n) is 4.66. The van der Waals surface area contributed by atoms with Crippen LogP contribution in [0, 0.1) is 6.92 Å². The van der Waals surface area contributed by atoms with Crippen molar-refractivity contribution in [2.24, 2.45) is 5.73 Å². The molecule has 2 aromatic heterocycles. The maximum atomic E-state index is 5.82. The lowest BCUT2D eigenvalue weighted by Crippen LogP contribution is -2.35. The van der Waals surface area contributed by atoms with Crippen LogP contribution in [0.3, 0.4) is 0 Å². The molecule has 2 N–H and O–H groups in total. The van der Waals surface area contributed by atoms with E-state index in [0.717, 1.165) is 30.1 Å². The Hall–Kier alpha value is -1.26. The number of rotatable bonds is 2. The van der Waals surface area contributed by atoms with E-state index in [1.807, 2.05) is 13.0 Å². The smallest absolute Gasteiger partial charge is 0.132 e. The Morgan fingerprint density at radius 2 is 2.18 bits per heavy atom. The topological polar surface area (TPSA) is 51.8 Å². The van der Waals surface area contributed by atoms with Gasteiger partial charge in [-0.05, 0) is 37.3 Å². The van der Waals surface area contributed by atoms with Crippen LogP contribution in [0.2, 0.25) is 0 Å². The van der Waals surface area contributed by atoms with Crippen molar-refractivity contribution in [3.8, 4) is 10.6 Å². The summed E-state index contributed by atoms with van der Waals surface area (Å²) in [5.74, 6) is 1.43. The molecule has 0 aromatic carbocycles. The number of nitrogens with zero attached hydrogens (tertiary/aromatic N) is 2. The lowest BCUT2D eigenvalue weighted by atomic mass is 9.80. The van der Waals surface area contributed by atoms with Gasteiger partial charge in [0.1, 0.15) is 5.82 Å². The first-order valence-electron chi connectivity index (χ1n) is 5.87. The second-order valence-corrected chi connectivity index (χ2v) is 5.61. The lowest BCUT2D eigenvalue weighted by Gasteiger charge is -2.31. The summed E-state index contributed by atoms with van der Waals surface area (Å²) < 4.78 is 0. The number of hydrogen-bond acceptors (Lipinski definition) is 4. The van der Waals surface area contributed by atoms with Gasteiger partial charge in [-0.3, -0.25) is 0 Å². The minimum Gasteiger partial charge on any atom is -0.328 e. The van der Waals surface area contributed by atoms with E-state index >= 15 is 0 Å². The van der Waals surface area contributed by atoms with Crippen LogP contribution in [0.1, 0.15) is 30.3 Å².